The zero-order chi connectivity index (χ0) is 12.5. The van der Waals surface area contributed by atoms with Crippen molar-refractivity contribution in [1.82, 2.24) is 24.9 Å². The number of nitrogens with zero attached hydrogens (tertiary/aromatic N) is 5. The van der Waals surface area contributed by atoms with E-state index in [4.69, 9.17) is 0 Å². The summed E-state index contributed by atoms with van der Waals surface area (Å²) in [5.41, 5.74) is 1.79. The predicted octanol–water partition coefficient (Wildman–Crippen LogP) is 1.56. The minimum absolute atomic E-state index is 0.639. The molecule has 3 heterocycles. The normalized spacial score (nSPS) is 21.2. The molecule has 2 aromatic rings. The molecule has 5 heteroatoms. The van der Waals surface area contributed by atoms with Crippen LogP contribution in [0, 0.1) is 5.92 Å². The highest BCUT2D eigenvalue weighted by molar-refractivity contribution is 5.68. The third kappa shape index (κ3) is 2.10. The first kappa shape index (κ1) is 11.6. The topological polar surface area (TPSA) is 46.8 Å². The van der Waals surface area contributed by atoms with Gasteiger partial charge in [-0.2, -0.15) is 0 Å². The van der Waals surface area contributed by atoms with E-state index in [1.807, 2.05) is 16.8 Å². The molecule has 3 rings (SSSR count). The van der Waals surface area contributed by atoms with Crippen molar-refractivity contribution in [1.29, 1.82) is 0 Å². The predicted molar refractivity (Wildman–Crippen MR) is 70.1 cm³/mol. The first-order valence-corrected chi connectivity index (χ1v) is 6.62. The molecular formula is C13H19N5. The van der Waals surface area contributed by atoms with Gasteiger partial charge in [-0.15, -0.1) is 5.10 Å². The molecule has 5 nitrogen and oxygen atoms in total. The van der Waals surface area contributed by atoms with Crippen molar-refractivity contribution in [3.8, 4) is 0 Å². The molecule has 0 bridgehead atoms. The average Bonchev–Trinajstić information content (AvgIpc) is 2.98. The Morgan fingerprint density at radius 1 is 1.44 bits per heavy atom. The van der Waals surface area contributed by atoms with E-state index in [-0.39, 0.29) is 0 Å². The first-order valence-electron chi connectivity index (χ1n) is 6.62. The van der Waals surface area contributed by atoms with Crippen molar-refractivity contribution in [2.45, 2.75) is 32.9 Å². The first-order chi connectivity index (χ1) is 8.74. The summed E-state index contributed by atoms with van der Waals surface area (Å²) in [6.45, 7) is 7.80. The van der Waals surface area contributed by atoms with Gasteiger partial charge in [0.1, 0.15) is 5.52 Å². The van der Waals surface area contributed by atoms with Crippen LogP contribution in [0.2, 0.25) is 0 Å². The van der Waals surface area contributed by atoms with Crippen molar-refractivity contribution >= 4 is 11.2 Å². The maximum atomic E-state index is 4.36. The summed E-state index contributed by atoms with van der Waals surface area (Å²) in [6.07, 6.45) is 3.05. The quantitative estimate of drug-likeness (QED) is 0.823. The zero-order valence-electron chi connectivity index (χ0n) is 11.0. The van der Waals surface area contributed by atoms with Crippen LogP contribution in [0.25, 0.3) is 11.2 Å². The summed E-state index contributed by atoms with van der Waals surface area (Å²) in [7, 11) is 0. The monoisotopic (exact) mass is 245 g/mol. The average molecular weight is 245 g/mol. The van der Waals surface area contributed by atoms with Crippen molar-refractivity contribution in [3.05, 3.63) is 18.3 Å². The van der Waals surface area contributed by atoms with Crippen LogP contribution in [0.15, 0.2) is 18.3 Å². The van der Waals surface area contributed by atoms with E-state index < -0.39 is 0 Å². The van der Waals surface area contributed by atoms with Gasteiger partial charge in [0.25, 0.3) is 0 Å². The molecule has 1 unspecified atom stereocenters. The second-order valence-electron chi connectivity index (χ2n) is 5.36. The molecule has 1 aliphatic rings. The van der Waals surface area contributed by atoms with Gasteiger partial charge in [-0.25, -0.2) is 9.67 Å². The highest BCUT2D eigenvalue weighted by atomic mass is 15.4. The summed E-state index contributed by atoms with van der Waals surface area (Å²) in [6, 6.07) is 4.50. The largest absolute Gasteiger partial charge is 0.301 e. The van der Waals surface area contributed by atoms with Gasteiger partial charge in [0.05, 0.1) is 0 Å². The van der Waals surface area contributed by atoms with E-state index in [0.717, 1.165) is 24.3 Å². The van der Waals surface area contributed by atoms with Crippen LogP contribution in [-0.4, -0.2) is 44.0 Å². The van der Waals surface area contributed by atoms with E-state index in [9.17, 15) is 0 Å². The van der Waals surface area contributed by atoms with E-state index in [0.29, 0.717) is 12.0 Å². The van der Waals surface area contributed by atoms with Crippen LogP contribution in [0.5, 0.6) is 0 Å². The lowest BCUT2D eigenvalue weighted by Crippen LogP contribution is -2.28. The van der Waals surface area contributed by atoms with Crippen molar-refractivity contribution < 1.29 is 0 Å². The third-order valence-electron chi connectivity index (χ3n) is 3.75. The Morgan fingerprint density at radius 2 is 2.33 bits per heavy atom. The molecule has 1 fully saturated rings. The van der Waals surface area contributed by atoms with E-state index >= 15 is 0 Å². The Labute approximate surface area is 107 Å². The minimum atomic E-state index is 0.639. The third-order valence-corrected chi connectivity index (χ3v) is 3.75. The molecule has 18 heavy (non-hydrogen) atoms. The molecule has 1 atom stereocenters. The van der Waals surface area contributed by atoms with Gasteiger partial charge in [-0.3, -0.25) is 0 Å². The van der Waals surface area contributed by atoms with Gasteiger partial charge in [-0.1, -0.05) is 5.21 Å². The molecule has 0 amide bonds. The summed E-state index contributed by atoms with van der Waals surface area (Å²) < 4.78 is 1.95. The molecule has 2 aromatic heterocycles. The van der Waals surface area contributed by atoms with Gasteiger partial charge in [-0.05, 0) is 44.9 Å². The summed E-state index contributed by atoms with van der Waals surface area (Å²) in [4.78, 5) is 6.89. The van der Waals surface area contributed by atoms with Gasteiger partial charge in [0.15, 0.2) is 5.65 Å². The summed E-state index contributed by atoms with van der Waals surface area (Å²) in [5, 5.41) is 8.37. The van der Waals surface area contributed by atoms with Gasteiger partial charge >= 0.3 is 0 Å². The Bertz CT molecular complexity index is 533. The Kier molecular flexibility index (Phi) is 2.99. The lowest BCUT2D eigenvalue weighted by molar-refractivity contribution is 0.259. The molecule has 0 N–H and O–H groups in total. The van der Waals surface area contributed by atoms with Crippen molar-refractivity contribution in [2.75, 3.05) is 13.1 Å². The highest BCUT2D eigenvalue weighted by Gasteiger charge is 2.25. The SMILES string of the molecule is CC(C)N1CCC(Cn2nnc3cccnc32)C1. The number of hydrogen-bond acceptors (Lipinski definition) is 4. The van der Waals surface area contributed by atoms with Crippen LogP contribution in [0.3, 0.4) is 0 Å². The number of likely N-dealkylation sites (tertiary alicyclic amines) is 1. The molecular weight excluding hydrogens is 226 g/mol. The Hall–Kier alpha value is -1.49. The molecule has 0 radical (unpaired) electrons. The fourth-order valence-corrected chi connectivity index (χ4v) is 2.66. The van der Waals surface area contributed by atoms with Crippen molar-refractivity contribution in [2.24, 2.45) is 5.92 Å². The molecule has 1 aliphatic heterocycles. The van der Waals surface area contributed by atoms with Crippen LogP contribution in [0.4, 0.5) is 0 Å². The van der Waals surface area contributed by atoms with E-state index in [1.165, 1.54) is 13.0 Å². The van der Waals surface area contributed by atoms with E-state index in [2.05, 4.69) is 34.0 Å². The molecule has 96 valence electrons. The number of hydrogen-bond donors (Lipinski definition) is 0. The number of pyridine rings is 1. The smallest absolute Gasteiger partial charge is 0.178 e. The zero-order valence-corrected chi connectivity index (χ0v) is 11.0. The minimum Gasteiger partial charge on any atom is -0.301 e. The Morgan fingerprint density at radius 3 is 3.11 bits per heavy atom. The number of rotatable bonds is 3. The lowest BCUT2D eigenvalue weighted by atomic mass is 10.1. The van der Waals surface area contributed by atoms with Gasteiger partial charge < -0.3 is 4.90 Å². The summed E-state index contributed by atoms with van der Waals surface area (Å²) in [5.74, 6) is 0.666. The van der Waals surface area contributed by atoms with Gasteiger partial charge in [0, 0.05) is 25.3 Å². The molecule has 0 aromatic carbocycles. The molecule has 1 saturated heterocycles. The summed E-state index contributed by atoms with van der Waals surface area (Å²) >= 11 is 0. The fourth-order valence-electron chi connectivity index (χ4n) is 2.66. The van der Waals surface area contributed by atoms with Crippen molar-refractivity contribution in [3.63, 3.8) is 0 Å². The van der Waals surface area contributed by atoms with E-state index in [1.54, 1.807) is 6.20 Å². The standard InChI is InChI=1S/C13H19N5/c1-10(2)17-7-5-11(8-17)9-18-13-12(15-16-18)4-3-6-14-13/h3-4,6,10-11H,5,7-9H2,1-2H3. The maximum Gasteiger partial charge on any atom is 0.178 e. The maximum absolute atomic E-state index is 4.36. The molecule has 0 aliphatic carbocycles. The van der Waals surface area contributed by atoms with Crippen LogP contribution < -0.4 is 0 Å². The van der Waals surface area contributed by atoms with Crippen LogP contribution >= 0.6 is 0 Å². The second kappa shape index (κ2) is 4.65. The molecule has 0 saturated carbocycles. The molecule has 0 spiro atoms. The van der Waals surface area contributed by atoms with Gasteiger partial charge in [0.2, 0.25) is 0 Å². The number of aromatic nitrogens is 4. The highest BCUT2D eigenvalue weighted by Crippen LogP contribution is 2.20. The van der Waals surface area contributed by atoms with Crippen LogP contribution in [-0.2, 0) is 6.54 Å². The van der Waals surface area contributed by atoms with Crippen LogP contribution in [0.1, 0.15) is 20.3 Å². The lowest BCUT2D eigenvalue weighted by Gasteiger charge is -2.20. The Balaban J connectivity index is 1.74. The number of fused-ring (bicyclic) bond motifs is 1. The fraction of sp³-hybridized carbons (Fsp3) is 0.615. The second-order valence-corrected chi connectivity index (χ2v) is 5.36.